The van der Waals surface area contributed by atoms with E-state index in [0.717, 1.165) is 27.7 Å². The minimum absolute atomic E-state index is 0.158. The summed E-state index contributed by atoms with van der Waals surface area (Å²) in [5.41, 5.74) is 2.62. The lowest BCUT2D eigenvalue weighted by atomic mass is 10.0. The summed E-state index contributed by atoms with van der Waals surface area (Å²) in [5, 5.41) is 20.0. The first-order valence-electron chi connectivity index (χ1n) is 12.0. The second-order valence-electron chi connectivity index (χ2n) is 8.78. The molecule has 4 rings (SSSR count). The molecule has 8 nitrogen and oxygen atoms in total. The normalized spacial score (nSPS) is 11.2. The zero-order chi connectivity index (χ0) is 27.4. The van der Waals surface area contributed by atoms with Gasteiger partial charge in [0.15, 0.2) is 4.90 Å². The van der Waals surface area contributed by atoms with Gasteiger partial charge in [-0.3, -0.25) is 14.3 Å². The van der Waals surface area contributed by atoms with Gasteiger partial charge in [0, 0.05) is 18.8 Å². The van der Waals surface area contributed by atoms with Crippen molar-refractivity contribution in [2.75, 3.05) is 0 Å². The molecule has 2 aromatic heterocycles. The van der Waals surface area contributed by atoms with Crippen molar-refractivity contribution in [2.24, 2.45) is 0 Å². The van der Waals surface area contributed by atoms with Gasteiger partial charge >= 0.3 is 0 Å². The molecular formula is C29H26N4O4S. The molecule has 9 heteroatoms. The largest absolute Gasteiger partial charge is 0.492 e. The quantitative estimate of drug-likeness (QED) is 0.347. The first-order chi connectivity index (χ1) is 18.2. The number of aromatic nitrogens is 3. The molecule has 0 aliphatic rings. The molecule has 0 aliphatic heterocycles. The van der Waals surface area contributed by atoms with E-state index in [1.54, 1.807) is 48.8 Å². The van der Waals surface area contributed by atoms with Gasteiger partial charge in [-0.05, 0) is 65.9 Å². The van der Waals surface area contributed by atoms with Crippen molar-refractivity contribution in [3.63, 3.8) is 0 Å². The second kappa shape index (κ2) is 10.8. The highest BCUT2D eigenvalue weighted by atomic mass is 32.2. The predicted octanol–water partition coefficient (Wildman–Crippen LogP) is 4.89. The molecule has 0 unspecified atom stereocenters. The van der Waals surface area contributed by atoms with Crippen LogP contribution in [0.1, 0.15) is 42.3 Å². The van der Waals surface area contributed by atoms with E-state index in [4.69, 9.17) is 0 Å². The fourth-order valence-corrected chi connectivity index (χ4v) is 5.52. The van der Waals surface area contributed by atoms with E-state index in [9.17, 15) is 23.6 Å². The van der Waals surface area contributed by atoms with Gasteiger partial charge in [0.25, 0.3) is 5.56 Å². The number of aryl methyl sites for hydroxylation is 2. The standard InChI is InChI=1S/C29H26N4O4S/c1-4-5-9-26-32-28(34)27(29(35)33(26)20(3)23-8-6-7-21(16-23)17-30)38(36,37)24-12-10-22(11-13-24)25-14-15-31-18-19(25)2/h6-8,10-16,18,34H,3-5,9H2,1-2H3. The van der Waals surface area contributed by atoms with E-state index < -0.39 is 26.2 Å². The average molecular weight is 527 g/mol. The minimum Gasteiger partial charge on any atom is -0.492 e. The summed E-state index contributed by atoms with van der Waals surface area (Å²) in [5.74, 6) is -0.672. The Morgan fingerprint density at radius 3 is 2.55 bits per heavy atom. The van der Waals surface area contributed by atoms with Gasteiger partial charge in [-0.15, -0.1) is 0 Å². The highest BCUT2D eigenvalue weighted by Crippen LogP contribution is 2.29. The third-order valence-electron chi connectivity index (χ3n) is 6.21. The summed E-state index contributed by atoms with van der Waals surface area (Å²) < 4.78 is 28.4. The number of unbranched alkanes of at least 4 members (excludes halogenated alkanes) is 1. The van der Waals surface area contributed by atoms with Gasteiger partial charge < -0.3 is 5.11 Å². The Morgan fingerprint density at radius 1 is 1.16 bits per heavy atom. The number of pyridine rings is 1. The van der Waals surface area contributed by atoms with Gasteiger partial charge in [-0.1, -0.05) is 44.2 Å². The van der Waals surface area contributed by atoms with Crippen LogP contribution in [-0.4, -0.2) is 28.1 Å². The van der Waals surface area contributed by atoms with E-state index >= 15 is 0 Å². The van der Waals surface area contributed by atoms with Gasteiger partial charge in [0.05, 0.1) is 22.2 Å². The number of nitriles is 1. The first kappa shape index (κ1) is 26.5. The lowest BCUT2D eigenvalue weighted by Gasteiger charge is -2.17. The molecule has 192 valence electrons. The average Bonchev–Trinajstić information content (AvgIpc) is 2.91. The van der Waals surface area contributed by atoms with Crippen molar-refractivity contribution in [3.05, 3.63) is 106 Å². The molecule has 0 amide bonds. The van der Waals surface area contributed by atoms with Crippen LogP contribution in [0, 0.1) is 18.3 Å². The lowest BCUT2D eigenvalue weighted by Crippen LogP contribution is -2.30. The van der Waals surface area contributed by atoms with Gasteiger partial charge in [-0.25, -0.2) is 8.42 Å². The summed E-state index contributed by atoms with van der Waals surface area (Å²) in [7, 11) is -4.45. The Morgan fingerprint density at radius 2 is 1.89 bits per heavy atom. The van der Waals surface area contributed by atoms with Crippen LogP contribution in [0.2, 0.25) is 0 Å². The molecule has 1 N–H and O–H groups in total. The molecule has 0 saturated heterocycles. The zero-order valence-electron chi connectivity index (χ0n) is 21.0. The van der Waals surface area contributed by atoms with Crippen LogP contribution in [0.3, 0.4) is 0 Å². The lowest BCUT2D eigenvalue weighted by molar-refractivity contribution is 0.425. The van der Waals surface area contributed by atoms with E-state index in [2.05, 4.69) is 16.5 Å². The van der Waals surface area contributed by atoms with Crippen LogP contribution in [-0.2, 0) is 16.3 Å². The van der Waals surface area contributed by atoms with Crippen LogP contribution < -0.4 is 5.56 Å². The van der Waals surface area contributed by atoms with Crippen LogP contribution >= 0.6 is 0 Å². The molecular weight excluding hydrogens is 500 g/mol. The van der Waals surface area contributed by atoms with Crippen LogP contribution in [0.25, 0.3) is 16.8 Å². The maximum atomic E-state index is 13.7. The SMILES string of the molecule is C=C(c1cccc(C#N)c1)n1c(CCCC)nc(O)c(S(=O)(=O)c2ccc(-c3ccncc3C)cc2)c1=O. The predicted molar refractivity (Wildman–Crippen MR) is 144 cm³/mol. The van der Waals surface area contributed by atoms with E-state index in [1.165, 1.54) is 12.1 Å². The number of aromatic hydroxyl groups is 1. The second-order valence-corrected chi connectivity index (χ2v) is 10.7. The number of nitrogens with zero attached hydrogens (tertiary/aromatic N) is 4. The molecule has 0 atom stereocenters. The molecule has 4 aromatic rings. The number of rotatable bonds is 8. The highest BCUT2D eigenvalue weighted by Gasteiger charge is 2.30. The molecule has 0 fully saturated rings. The smallest absolute Gasteiger partial charge is 0.281 e. The number of hydrogen-bond acceptors (Lipinski definition) is 7. The van der Waals surface area contributed by atoms with Crippen molar-refractivity contribution in [1.82, 2.24) is 14.5 Å². The fourth-order valence-electron chi connectivity index (χ4n) is 4.18. The number of benzene rings is 2. The van der Waals surface area contributed by atoms with Crippen molar-refractivity contribution < 1.29 is 13.5 Å². The number of sulfone groups is 1. The van der Waals surface area contributed by atoms with Crippen LogP contribution in [0.4, 0.5) is 0 Å². The monoisotopic (exact) mass is 526 g/mol. The summed E-state index contributed by atoms with van der Waals surface area (Å²) in [4.78, 5) is 21.0. The van der Waals surface area contributed by atoms with Gasteiger partial charge in [-0.2, -0.15) is 10.2 Å². The molecule has 0 aliphatic carbocycles. The first-order valence-corrected chi connectivity index (χ1v) is 13.5. The summed E-state index contributed by atoms with van der Waals surface area (Å²) >= 11 is 0. The molecule has 0 spiro atoms. The fraction of sp³-hybridized carbons (Fsp3) is 0.172. The summed E-state index contributed by atoms with van der Waals surface area (Å²) in [6.45, 7) is 7.87. The Hall–Kier alpha value is -4.55. The Kier molecular flexibility index (Phi) is 7.55. The van der Waals surface area contributed by atoms with Gasteiger partial charge in [0.1, 0.15) is 5.82 Å². The maximum absolute atomic E-state index is 13.7. The molecule has 0 bridgehead atoms. The minimum atomic E-state index is -4.45. The van der Waals surface area contributed by atoms with E-state index in [1.807, 2.05) is 26.0 Å². The summed E-state index contributed by atoms with van der Waals surface area (Å²) in [6, 6.07) is 16.4. The van der Waals surface area contributed by atoms with Gasteiger partial charge in [0.2, 0.25) is 15.7 Å². The molecule has 0 saturated carbocycles. The summed E-state index contributed by atoms with van der Waals surface area (Å²) in [6.07, 6.45) is 5.12. The Labute approximate surface area is 221 Å². The Balaban J connectivity index is 1.86. The molecule has 2 aromatic carbocycles. The van der Waals surface area contributed by atoms with Crippen molar-refractivity contribution in [3.8, 4) is 23.1 Å². The van der Waals surface area contributed by atoms with Crippen molar-refractivity contribution in [2.45, 2.75) is 42.9 Å². The number of hydrogen-bond donors (Lipinski definition) is 1. The molecule has 2 heterocycles. The van der Waals surface area contributed by atoms with Crippen molar-refractivity contribution in [1.29, 1.82) is 5.26 Å². The Bertz CT molecular complexity index is 1730. The van der Waals surface area contributed by atoms with Crippen LogP contribution in [0.5, 0.6) is 5.88 Å². The third kappa shape index (κ3) is 4.99. The van der Waals surface area contributed by atoms with E-state index in [-0.39, 0.29) is 16.4 Å². The molecule has 38 heavy (non-hydrogen) atoms. The zero-order valence-corrected chi connectivity index (χ0v) is 21.9. The van der Waals surface area contributed by atoms with E-state index in [0.29, 0.717) is 24.0 Å². The highest BCUT2D eigenvalue weighted by molar-refractivity contribution is 7.91. The molecule has 0 radical (unpaired) electrons. The maximum Gasteiger partial charge on any atom is 0.281 e. The third-order valence-corrected chi connectivity index (χ3v) is 7.99. The van der Waals surface area contributed by atoms with Crippen molar-refractivity contribution >= 4 is 15.5 Å². The topological polar surface area (TPSA) is 126 Å². The van der Waals surface area contributed by atoms with Crippen LogP contribution in [0.15, 0.2) is 88.2 Å².